The van der Waals surface area contributed by atoms with Crippen molar-refractivity contribution in [2.45, 2.75) is 6.04 Å². The molecule has 1 aliphatic carbocycles. The summed E-state index contributed by atoms with van der Waals surface area (Å²) in [5, 5.41) is 5.54. The molecule has 4 nitrogen and oxygen atoms in total. The van der Waals surface area contributed by atoms with Gasteiger partial charge >= 0.3 is 0 Å². The number of benzene rings is 1. The molecule has 110 valence electrons. The fourth-order valence-electron chi connectivity index (χ4n) is 3.25. The Morgan fingerprint density at radius 1 is 1.32 bits per heavy atom. The number of likely N-dealkylation sites (tertiary alicyclic amines) is 1. The molecule has 2 fully saturated rings. The van der Waals surface area contributed by atoms with Gasteiger partial charge in [-0.1, -0.05) is 36.8 Å². The molecule has 1 N–H and O–H groups in total. The molecular weight excluding hydrogens is 294 g/mol. The Morgan fingerprint density at radius 2 is 2.05 bits per heavy atom. The highest BCUT2D eigenvalue weighted by molar-refractivity contribution is 7.12. The van der Waals surface area contributed by atoms with E-state index in [0.717, 1.165) is 24.3 Å². The predicted octanol–water partition coefficient (Wildman–Crippen LogP) is 2.06. The summed E-state index contributed by atoms with van der Waals surface area (Å²) in [5.74, 6) is 1.06. The Hall–Kier alpha value is -2.32. The minimum Gasteiger partial charge on any atom is -0.342 e. The van der Waals surface area contributed by atoms with Crippen molar-refractivity contribution >= 4 is 17.2 Å². The Morgan fingerprint density at radius 3 is 2.73 bits per heavy atom. The number of rotatable bonds is 3. The number of amides is 1. The van der Waals surface area contributed by atoms with E-state index in [1.54, 1.807) is 0 Å². The number of piperidine rings is 1. The lowest BCUT2D eigenvalue weighted by Gasteiger charge is -2.18. The van der Waals surface area contributed by atoms with Crippen molar-refractivity contribution in [1.29, 1.82) is 0 Å². The van der Waals surface area contributed by atoms with Gasteiger partial charge in [0, 0.05) is 48.0 Å². The Labute approximate surface area is 133 Å². The van der Waals surface area contributed by atoms with Gasteiger partial charge in [-0.3, -0.25) is 4.79 Å². The van der Waals surface area contributed by atoms with E-state index in [9.17, 15) is 4.79 Å². The molecular formula is C17H15N3OS. The van der Waals surface area contributed by atoms with Crippen LogP contribution in [-0.2, 0) is 0 Å². The largest absolute Gasteiger partial charge is 0.342 e. The molecule has 1 saturated heterocycles. The van der Waals surface area contributed by atoms with Crippen molar-refractivity contribution in [3.8, 4) is 23.7 Å². The molecule has 1 saturated carbocycles. The van der Waals surface area contributed by atoms with Crippen molar-refractivity contribution < 1.29 is 4.79 Å². The number of terminal acetylenes is 1. The van der Waals surface area contributed by atoms with Gasteiger partial charge in [0.2, 0.25) is 0 Å². The van der Waals surface area contributed by atoms with Crippen molar-refractivity contribution in [2.24, 2.45) is 11.8 Å². The second-order valence-corrected chi connectivity index (χ2v) is 6.61. The van der Waals surface area contributed by atoms with E-state index in [4.69, 9.17) is 6.42 Å². The molecule has 1 unspecified atom stereocenters. The summed E-state index contributed by atoms with van der Waals surface area (Å²) < 4.78 is 0. The normalized spacial score (nSPS) is 25.4. The predicted molar refractivity (Wildman–Crippen MR) is 86.2 cm³/mol. The van der Waals surface area contributed by atoms with Crippen molar-refractivity contribution in [3.63, 3.8) is 0 Å². The Balaban J connectivity index is 1.45. The van der Waals surface area contributed by atoms with Gasteiger partial charge in [-0.2, -0.15) is 0 Å². The fourth-order valence-corrected chi connectivity index (χ4v) is 4.04. The number of hydrogen-bond donors (Lipinski definition) is 1. The summed E-state index contributed by atoms with van der Waals surface area (Å²) in [4.78, 5) is 18.9. The van der Waals surface area contributed by atoms with Gasteiger partial charge < -0.3 is 10.2 Å². The summed E-state index contributed by atoms with van der Waals surface area (Å²) in [6, 6.07) is 12.8. The molecule has 22 heavy (non-hydrogen) atoms. The Bertz CT molecular complexity index is 737. The van der Waals surface area contributed by atoms with Crippen LogP contribution >= 0.6 is 11.3 Å². The van der Waals surface area contributed by atoms with Crippen LogP contribution in [-0.4, -0.2) is 34.9 Å². The average Bonchev–Trinajstić information content (AvgIpc) is 2.98. The van der Waals surface area contributed by atoms with Crippen LogP contribution in [0.3, 0.4) is 0 Å². The quantitative estimate of drug-likeness (QED) is 0.697. The number of fused-ring (bicyclic) bond motifs is 1. The number of aromatic nitrogens is 1. The molecule has 0 radical (unpaired) electrons. The molecule has 2 aliphatic rings. The van der Waals surface area contributed by atoms with E-state index < -0.39 is 0 Å². The lowest BCUT2D eigenvalue weighted by atomic mass is 10.2. The van der Waals surface area contributed by atoms with E-state index in [1.807, 2.05) is 40.6 Å². The van der Waals surface area contributed by atoms with E-state index in [2.05, 4.69) is 16.3 Å². The summed E-state index contributed by atoms with van der Waals surface area (Å²) >= 11 is 1.42. The molecule has 0 spiro atoms. The number of carbonyl (C=O) groups is 1. The molecule has 1 aromatic heterocycles. The first-order valence-electron chi connectivity index (χ1n) is 7.29. The third-order valence-corrected chi connectivity index (χ3v) is 5.32. The maximum absolute atomic E-state index is 12.5. The summed E-state index contributed by atoms with van der Waals surface area (Å²) in [6.45, 7) is 1.56. The van der Waals surface area contributed by atoms with Crippen molar-refractivity contribution in [3.05, 3.63) is 40.7 Å². The fraction of sp³-hybridized carbons (Fsp3) is 0.294. The molecule has 1 aliphatic heterocycles. The zero-order valence-electron chi connectivity index (χ0n) is 11.9. The molecule has 2 heterocycles. The van der Waals surface area contributed by atoms with Gasteiger partial charge in [0.05, 0.1) is 5.69 Å². The third kappa shape index (κ3) is 2.16. The molecule has 4 rings (SSSR count). The third-order valence-electron chi connectivity index (χ3n) is 4.49. The second-order valence-electron chi connectivity index (χ2n) is 5.76. The van der Waals surface area contributed by atoms with Crippen molar-refractivity contribution in [1.82, 2.24) is 15.2 Å². The first kappa shape index (κ1) is 13.4. The summed E-state index contributed by atoms with van der Waals surface area (Å²) in [5.41, 5.74) is 1.91. The van der Waals surface area contributed by atoms with Gasteiger partial charge in [0.25, 0.3) is 5.91 Å². The number of thiazole rings is 1. The van der Waals surface area contributed by atoms with Crippen LogP contribution in [0.2, 0.25) is 0 Å². The van der Waals surface area contributed by atoms with Gasteiger partial charge in [-0.05, 0) is 0 Å². The highest BCUT2D eigenvalue weighted by Gasteiger charge is 2.56. The van der Waals surface area contributed by atoms with Gasteiger partial charge in [0.15, 0.2) is 5.01 Å². The van der Waals surface area contributed by atoms with Crippen LogP contribution in [0.25, 0.3) is 11.3 Å². The molecule has 1 aromatic carbocycles. The number of hydrogen-bond acceptors (Lipinski definition) is 4. The Kier molecular flexibility index (Phi) is 3.12. The van der Waals surface area contributed by atoms with Gasteiger partial charge in [-0.25, -0.2) is 4.98 Å². The monoisotopic (exact) mass is 309 g/mol. The minimum absolute atomic E-state index is 0.0406. The van der Waals surface area contributed by atoms with E-state index >= 15 is 0 Å². The summed E-state index contributed by atoms with van der Waals surface area (Å²) in [6.07, 6.45) is 5.27. The highest BCUT2D eigenvalue weighted by atomic mass is 32.1. The zero-order valence-corrected chi connectivity index (χ0v) is 12.7. The number of nitrogens with one attached hydrogen (secondary N) is 1. The van der Waals surface area contributed by atoms with Crippen molar-refractivity contribution in [2.75, 3.05) is 13.1 Å². The van der Waals surface area contributed by atoms with Crippen LogP contribution in [0.1, 0.15) is 9.80 Å². The van der Waals surface area contributed by atoms with Crippen LogP contribution in [0.5, 0.6) is 0 Å². The topological polar surface area (TPSA) is 45.2 Å². The van der Waals surface area contributed by atoms with Gasteiger partial charge in [0.1, 0.15) is 0 Å². The second kappa shape index (κ2) is 5.15. The molecule has 2 aromatic rings. The lowest BCUT2D eigenvalue weighted by molar-refractivity contribution is 0.0771. The van der Waals surface area contributed by atoms with Crippen LogP contribution < -0.4 is 5.32 Å². The standard InChI is InChI=1S/C17H15N3OS/c1-2-18-15-12-8-20(9-13(12)15)17(21)16-19-14(10-22-16)11-6-4-3-5-7-11/h1,3-7,10,12-13,15,18H,8-9H2/t12-,13+,15?. The minimum atomic E-state index is 0.0406. The molecule has 5 heteroatoms. The zero-order chi connectivity index (χ0) is 15.1. The molecule has 3 atom stereocenters. The van der Waals surface area contributed by atoms with E-state index in [0.29, 0.717) is 22.9 Å². The number of carbonyl (C=O) groups excluding carboxylic acids is 1. The molecule has 0 bridgehead atoms. The summed E-state index contributed by atoms with van der Waals surface area (Å²) in [7, 11) is 0. The lowest BCUT2D eigenvalue weighted by Crippen LogP contribution is -2.34. The maximum atomic E-state index is 12.5. The highest BCUT2D eigenvalue weighted by Crippen LogP contribution is 2.45. The van der Waals surface area contributed by atoms with Crippen LogP contribution in [0.15, 0.2) is 35.7 Å². The maximum Gasteiger partial charge on any atom is 0.282 e. The first-order valence-corrected chi connectivity index (χ1v) is 8.17. The number of nitrogens with zero attached hydrogens (tertiary/aromatic N) is 2. The van der Waals surface area contributed by atoms with E-state index in [-0.39, 0.29) is 5.91 Å². The average molecular weight is 309 g/mol. The smallest absolute Gasteiger partial charge is 0.282 e. The van der Waals surface area contributed by atoms with Crippen LogP contribution in [0, 0.1) is 24.3 Å². The van der Waals surface area contributed by atoms with Gasteiger partial charge in [-0.15, -0.1) is 11.3 Å². The van der Waals surface area contributed by atoms with Crippen LogP contribution in [0.4, 0.5) is 0 Å². The SMILES string of the molecule is C#CNC1[C@H]2CN(C(=O)c3nc(-c4ccccc4)cs3)C[C@@H]12. The van der Waals surface area contributed by atoms with E-state index in [1.165, 1.54) is 11.3 Å². The first-order chi connectivity index (χ1) is 10.8. The molecule has 1 amide bonds.